The lowest BCUT2D eigenvalue weighted by molar-refractivity contribution is -0.122. The van der Waals surface area contributed by atoms with Gasteiger partial charge in [-0.1, -0.05) is 13.8 Å². The molecule has 0 rings (SSSR count). The van der Waals surface area contributed by atoms with E-state index in [2.05, 4.69) is 5.32 Å². The predicted octanol–water partition coefficient (Wildman–Crippen LogP) is 1.45. The molecule has 0 aliphatic carbocycles. The Morgan fingerprint density at radius 3 is 2.22 bits per heavy atom. The fourth-order valence-electron chi connectivity index (χ4n) is 1.32. The number of rotatable bonds is 6. The topological polar surface area (TPSA) is 72.2 Å². The molecule has 0 aromatic rings. The van der Waals surface area contributed by atoms with E-state index in [0.717, 1.165) is 0 Å². The van der Waals surface area contributed by atoms with Gasteiger partial charge in [-0.25, -0.2) is 0 Å². The Bertz CT molecular complexity index is 278. The molecule has 0 saturated carbocycles. The molecule has 18 heavy (non-hydrogen) atoms. The molecule has 0 aromatic heterocycles. The van der Waals surface area contributed by atoms with E-state index in [-0.39, 0.29) is 23.1 Å². The van der Waals surface area contributed by atoms with E-state index in [1.807, 2.05) is 34.6 Å². The maximum atomic E-state index is 11.7. The fourth-order valence-corrected chi connectivity index (χ4v) is 2.22. The molecule has 0 saturated heterocycles. The van der Waals surface area contributed by atoms with Gasteiger partial charge in [-0.05, 0) is 33.1 Å². The van der Waals surface area contributed by atoms with Crippen LogP contribution in [0.1, 0.15) is 41.0 Å². The van der Waals surface area contributed by atoms with Crippen LogP contribution in [0.25, 0.3) is 0 Å². The number of carbonyl (C=O) groups is 1. The number of nitrogens with one attached hydrogen (secondary N) is 1. The number of carbonyl (C=O) groups excluding carboxylic acids is 1. The molecule has 0 aliphatic rings. The van der Waals surface area contributed by atoms with Gasteiger partial charge in [-0.15, -0.1) is 12.4 Å². The van der Waals surface area contributed by atoms with E-state index in [1.54, 1.807) is 0 Å². The molecule has 4 nitrogen and oxygen atoms in total. The third kappa shape index (κ3) is 8.89. The number of halogens is 1. The van der Waals surface area contributed by atoms with Gasteiger partial charge in [0.25, 0.3) is 0 Å². The van der Waals surface area contributed by atoms with Crippen molar-refractivity contribution in [3.05, 3.63) is 0 Å². The monoisotopic (exact) mass is 298 g/mol. The smallest absolute Gasteiger partial charge is 0.236 e. The van der Waals surface area contributed by atoms with Gasteiger partial charge < -0.3 is 11.1 Å². The van der Waals surface area contributed by atoms with Crippen LogP contribution < -0.4 is 11.1 Å². The van der Waals surface area contributed by atoms with Crippen LogP contribution in [0.4, 0.5) is 0 Å². The summed E-state index contributed by atoms with van der Waals surface area (Å²) in [4.78, 5) is 11.6. The minimum Gasteiger partial charge on any atom is -0.354 e. The van der Waals surface area contributed by atoms with Crippen LogP contribution in [0.15, 0.2) is 0 Å². The second-order valence-corrected chi connectivity index (χ2v) is 8.01. The van der Waals surface area contributed by atoms with Crippen molar-refractivity contribution in [2.75, 3.05) is 12.3 Å². The van der Waals surface area contributed by atoms with Crippen LogP contribution in [0.3, 0.4) is 0 Å². The lowest BCUT2D eigenvalue weighted by atomic mass is 10.0. The van der Waals surface area contributed by atoms with Gasteiger partial charge >= 0.3 is 0 Å². The molecule has 0 heterocycles. The Morgan fingerprint density at radius 2 is 1.83 bits per heavy atom. The third-order valence-corrected chi connectivity index (χ3v) is 4.27. The van der Waals surface area contributed by atoms with E-state index in [9.17, 15) is 9.00 Å². The summed E-state index contributed by atoms with van der Waals surface area (Å²) < 4.78 is 11.5. The first kappa shape index (κ1) is 20.2. The standard InChI is InChI=1S/C12H26N2O2S.ClH/c1-9(2)8-10(13)11(15)14-6-7-17(16)12(3,4)5;/h9-10H,6-8,13H2,1-5H3,(H,14,15);1H/t10-,17?;/m0./s1. The first-order valence-electron chi connectivity index (χ1n) is 6.06. The summed E-state index contributed by atoms with van der Waals surface area (Å²) in [5.41, 5.74) is 5.73. The van der Waals surface area contributed by atoms with Crippen molar-refractivity contribution in [1.29, 1.82) is 0 Å². The Hall–Kier alpha value is -0.130. The van der Waals surface area contributed by atoms with Gasteiger partial charge in [0.15, 0.2) is 0 Å². The van der Waals surface area contributed by atoms with Crippen LogP contribution in [-0.2, 0) is 15.6 Å². The molecule has 2 atom stereocenters. The summed E-state index contributed by atoms with van der Waals surface area (Å²) in [6.07, 6.45) is 0.675. The zero-order chi connectivity index (χ0) is 13.6. The Balaban J connectivity index is 0. The summed E-state index contributed by atoms with van der Waals surface area (Å²) in [7, 11) is -0.933. The highest BCUT2D eigenvalue weighted by atomic mass is 35.5. The molecular weight excluding hydrogens is 272 g/mol. The second-order valence-electron chi connectivity index (χ2n) is 5.69. The Labute approximate surface area is 119 Å². The van der Waals surface area contributed by atoms with E-state index in [1.165, 1.54) is 0 Å². The average molecular weight is 299 g/mol. The Morgan fingerprint density at radius 1 is 1.33 bits per heavy atom. The van der Waals surface area contributed by atoms with Gasteiger partial charge in [0.2, 0.25) is 5.91 Å². The van der Waals surface area contributed by atoms with Crippen LogP contribution in [0.5, 0.6) is 0 Å². The molecule has 0 fully saturated rings. The van der Waals surface area contributed by atoms with Gasteiger partial charge in [0, 0.05) is 27.8 Å². The molecule has 1 amide bonds. The normalized spacial score (nSPS) is 14.8. The van der Waals surface area contributed by atoms with Crippen molar-refractivity contribution in [2.24, 2.45) is 11.7 Å². The molecule has 1 unspecified atom stereocenters. The van der Waals surface area contributed by atoms with Crippen LogP contribution in [-0.4, -0.2) is 33.2 Å². The average Bonchev–Trinajstić information content (AvgIpc) is 2.14. The SMILES string of the molecule is CC(C)C[C@H](N)C(=O)NCCS(=O)C(C)(C)C.Cl. The molecule has 0 bridgehead atoms. The maximum absolute atomic E-state index is 11.7. The third-order valence-electron chi connectivity index (χ3n) is 2.33. The number of nitrogens with two attached hydrogens (primary N) is 1. The minimum atomic E-state index is -0.933. The molecule has 3 N–H and O–H groups in total. The van der Waals surface area contributed by atoms with E-state index in [0.29, 0.717) is 24.6 Å². The lowest BCUT2D eigenvalue weighted by Crippen LogP contribution is -2.43. The van der Waals surface area contributed by atoms with Gasteiger partial charge in [-0.2, -0.15) is 0 Å². The van der Waals surface area contributed by atoms with Crippen molar-refractivity contribution in [1.82, 2.24) is 5.32 Å². The Kier molecular flexibility index (Phi) is 9.97. The number of hydrogen-bond acceptors (Lipinski definition) is 3. The zero-order valence-corrected chi connectivity index (χ0v) is 13.6. The maximum Gasteiger partial charge on any atom is 0.236 e. The summed E-state index contributed by atoms with van der Waals surface area (Å²) in [6.45, 7) is 10.3. The van der Waals surface area contributed by atoms with Crippen LogP contribution >= 0.6 is 12.4 Å². The van der Waals surface area contributed by atoms with Gasteiger partial charge in [0.05, 0.1) is 6.04 Å². The molecular formula is C12H27ClN2O2S. The number of hydrogen-bond donors (Lipinski definition) is 2. The van der Waals surface area contributed by atoms with Crippen molar-refractivity contribution in [2.45, 2.75) is 51.8 Å². The van der Waals surface area contributed by atoms with Gasteiger partial charge in [-0.3, -0.25) is 9.00 Å². The highest BCUT2D eigenvalue weighted by molar-refractivity contribution is 7.86. The van der Waals surface area contributed by atoms with Crippen LogP contribution in [0.2, 0.25) is 0 Å². The van der Waals surface area contributed by atoms with E-state index >= 15 is 0 Å². The summed E-state index contributed by atoms with van der Waals surface area (Å²) in [6, 6.07) is -0.460. The van der Waals surface area contributed by atoms with E-state index < -0.39 is 16.8 Å². The molecule has 0 spiro atoms. The quantitative estimate of drug-likeness (QED) is 0.779. The minimum absolute atomic E-state index is 0. The molecule has 0 aliphatic heterocycles. The molecule has 0 radical (unpaired) electrons. The first-order valence-corrected chi connectivity index (χ1v) is 7.38. The predicted molar refractivity (Wildman–Crippen MR) is 80.5 cm³/mol. The summed E-state index contributed by atoms with van der Waals surface area (Å²) in [5.74, 6) is 0.730. The summed E-state index contributed by atoms with van der Waals surface area (Å²) in [5, 5.41) is 2.73. The largest absolute Gasteiger partial charge is 0.354 e. The first-order chi connectivity index (χ1) is 7.64. The molecule has 6 heteroatoms. The van der Waals surface area contributed by atoms with Crippen molar-refractivity contribution in [3.63, 3.8) is 0 Å². The lowest BCUT2D eigenvalue weighted by Gasteiger charge is -2.18. The van der Waals surface area contributed by atoms with Crippen molar-refractivity contribution in [3.8, 4) is 0 Å². The highest BCUT2D eigenvalue weighted by Gasteiger charge is 2.20. The van der Waals surface area contributed by atoms with Crippen LogP contribution in [0, 0.1) is 5.92 Å². The fraction of sp³-hybridized carbons (Fsp3) is 0.917. The second kappa shape index (κ2) is 8.88. The molecule has 110 valence electrons. The molecule has 0 aromatic carbocycles. The van der Waals surface area contributed by atoms with Crippen molar-refractivity contribution >= 4 is 29.1 Å². The summed E-state index contributed by atoms with van der Waals surface area (Å²) >= 11 is 0. The van der Waals surface area contributed by atoms with Gasteiger partial charge in [0.1, 0.15) is 0 Å². The zero-order valence-electron chi connectivity index (χ0n) is 12.0. The van der Waals surface area contributed by atoms with E-state index in [4.69, 9.17) is 5.73 Å². The highest BCUT2D eigenvalue weighted by Crippen LogP contribution is 2.10. The van der Waals surface area contributed by atoms with Crippen molar-refractivity contribution < 1.29 is 9.00 Å². The number of amides is 1.